The second kappa shape index (κ2) is 5.52. The Morgan fingerprint density at radius 2 is 1.70 bits per heavy atom. The normalized spacial score (nSPS) is 10.2. The average molecular weight is 276 g/mol. The van der Waals surface area contributed by atoms with Gasteiger partial charge in [0.1, 0.15) is 0 Å². The van der Waals surface area contributed by atoms with Crippen molar-refractivity contribution in [3.05, 3.63) is 24.1 Å². The first-order chi connectivity index (χ1) is 9.45. The molecule has 0 saturated heterocycles. The van der Waals surface area contributed by atoms with Crippen LogP contribution in [0.25, 0.3) is 11.5 Å². The maximum absolute atomic E-state index is 11.1. The highest BCUT2D eigenvalue weighted by Crippen LogP contribution is 2.32. The van der Waals surface area contributed by atoms with Gasteiger partial charge in [-0.15, -0.1) is 10.2 Å². The summed E-state index contributed by atoms with van der Waals surface area (Å²) in [5.74, 6) is -0.0887. The summed E-state index contributed by atoms with van der Waals surface area (Å²) in [5, 5.41) is 7.58. The zero-order valence-corrected chi connectivity index (χ0v) is 11.2. The van der Waals surface area contributed by atoms with Gasteiger partial charge in [0.2, 0.25) is 11.8 Å². The summed E-state index contributed by atoms with van der Waals surface area (Å²) in [7, 11) is 0. The molecule has 104 valence electrons. The second-order valence-corrected chi connectivity index (χ2v) is 3.98. The topological polar surface area (TPSA) is 91.5 Å². The number of aromatic nitrogens is 2. The summed E-state index contributed by atoms with van der Waals surface area (Å²) in [5.41, 5.74) is 0.553. The summed E-state index contributed by atoms with van der Waals surface area (Å²) in [6, 6.07) is 4.61. The predicted octanol–water partition coefficient (Wildman–Crippen LogP) is 1.90. The van der Waals surface area contributed by atoms with Gasteiger partial charge in [-0.3, -0.25) is 9.59 Å². The molecule has 2 rings (SSSR count). The smallest absolute Gasteiger partial charge is 0.308 e. The van der Waals surface area contributed by atoms with Crippen molar-refractivity contribution in [2.45, 2.75) is 20.8 Å². The van der Waals surface area contributed by atoms with Crippen molar-refractivity contribution in [3.8, 4) is 23.0 Å². The minimum atomic E-state index is -0.530. The highest BCUT2D eigenvalue weighted by Gasteiger charge is 2.14. The first-order valence-corrected chi connectivity index (χ1v) is 5.77. The van der Waals surface area contributed by atoms with Crippen LogP contribution in [0, 0.1) is 6.92 Å². The van der Waals surface area contributed by atoms with Crippen molar-refractivity contribution in [1.82, 2.24) is 10.2 Å². The summed E-state index contributed by atoms with van der Waals surface area (Å²) < 4.78 is 15.2. The molecular formula is C13H12N2O5. The number of aryl methyl sites for hydroxylation is 1. The zero-order chi connectivity index (χ0) is 14.7. The molecule has 0 unspecified atom stereocenters. The summed E-state index contributed by atoms with van der Waals surface area (Å²) in [6.07, 6.45) is 0. The van der Waals surface area contributed by atoms with Crippen molar-refractivity contribution in [1.29, 1.82) is 0 Å². The van der Waals surface area contributed by atoms with E-state index in [1.165, 1.54) is 26.0 Å². The van der Waals surface area contributed by atoms with Gasteiger partial charge in [-0.05, 0) is 18.2 Å². The Kier molecular flexibility index (Phi) is 3.79. The van der Waals surface area contributed by atoms with Gasteiger partial charge in [0.25, 0.3) is 0 Å². The van der Waals surface area contributed by atoms with Gasteiger partial charge in [-0.2, -0.15) is 0 Å². The number of carbonyl (C=O) groups excluding carboxylic acids is 2. The van der Waals surface area contributed by atoms with E-state index in [2.05, 4.69) is 10.2 Å². The quantitative estimate of drug-likeness (QED) is 0.624. The first-order valence-electron chi connectivity index (χ1n) is 5.77. The third-order valence-electron chi connectivity index (χ3n) is 2.22. The van der Waals surface area contributed by atoms with Crippen molar-refractivity contribution >= 4 is 11.9 Å². The molecule has 7 nitrogen and oxygen atoms in total. The maximum atomic E-state index is 11.1. The van der Waals surface area contributed by atoms with Crippen LogP contribution in [-0.4, -0.2) is 22.1 Å². The number of rotatable bonds is 3. The molecule has 0 fully saturated rings. The Morgan fingerprint density at radius 1 is 1.05 bits per heavy atom. The Labute approximate surface area is 114 Å². The molecule has 20 heavy (non-hydrogen) atoms. The Morgan fingerprint density at radius 3 is 2.25 bits per heavy atom. The van der Waals surface area contributed by atoms with Crippen LogP contribution < -0.4 is 9.47 Å². The molecule has 0 N–H and O–H groups in total. The standard InChI is InChI=1S/C13H12N2O5/c1-7-14-15-13(18-7)10-4-5-11(19-8(2)16)12(6-10)20-9(3)17/h4-6H,1-3H3. The number of nitrogens with zero attached hydrogens (tertiary/aromatic N) is 2. The highest BCUT2D eigenvalue weighted by molar-refractivity contribution is 5.75. The fourth-order valence-corrected chi connectivity index (χ4v) is 1.53. The van der Waals surface area contributed by atoms with Crippen LogP contribution in [0.4, 0.5) is 0 Å². The molecule has 0 amide bonds. The van der Waals surface area contributed by atoms with E-state index in [-0.39, 0.29) is 17.4 Å². The molecule has 0 aliphatic rings. The monoisotopic (exact) mass is 276 g/mol. The zero-order valence-electron chi connectivity index (χ0n) is 11.2. The van der Waals surface area contributed by atoms with Gasteiger partial charge in [0.05, 0.1) is 0 Å². The highest BCUT2D eigenvalue weighted by atomic mass is 16.6. The van der Waals surface area contributed by atoms with E-state index in [0.717, 1.165) is 0 Å². The fraction of sp³-hybridized carbons (Fsp3) is 0.231. The van der Waals surface area contributed by atoms with Gasteiger partial charge >= 0.3 is 11.9 Å². The van der Waals surface area contributed by atoms with Crippen LogP contribution in [0.1, 0.15) is 19.7 Å². The van der Waals surface area contributed by atoms with Crippen LogP contribution in [0.15, 0.2) is 22.6 Å². The number of ether oxygens (including phenoxy) is 2. The number of carbonyl (C=O) groups is 2. The Balaban J connectivity index is 2.42. The molecule has 0 spiro atoms. The number of hydrogen-bond acceptors (Lipinski definition) is 7. The third kappa shape index (κ3) is 3.19. The molecule has 0 saturated carbocycles. The summed E-state index contributed by atoms with van der Waals surface area (Å²) >= 11 is 0. The molecule has 0 radical (unpaired) electrons. The third-order valence-corrected chi connectivity index (χ3v) is 2.22. The van der Waals surface area contributed by atoms with Crippen LogP contribution in [-0.2, 0) is 9.59 Å². The molecule has 1 aromatic heterocycles. The van der Waals surface area contributed by atoms with Gasteiger partial charge < -0.3 is 13.9 Å². The number of esters is 2. The van der Waals surface area contributed by atoms with Crippen LogP contribution in [0.5, 0.6) is 11.5 Å². The number of hydrogen-bond donors (Lipinski definition) is 0. The molecule has 7 heteroatoms. The lowest BCUT2D eigenvalue weighted by molar-refractivity contribution is -0.134. The fourth-order valence-electron chi connectivity index (χ4n) is 1.53. The van der Waals surface area contributed by atoms with E-state index < -0.39 is 11.9 Å². The second-order valence-electron chi connectivity index (χ2n) is 3.98. The molecule has 0 atom stereocenters. The largest absolute Gasteiger partial charge is 0.423 e. The number of benzene rings is 1. The Bertz CT molecular complexity index is 663. The predicted molar refractivity (Wildman–Crippen MR) is 67.1 cm³/mol. The molecule has 2 aromatic rings. The van der Waals surface area contributed by atoms with Gasteiger partial charge in [-0.1, -0.05) is 0 Å². The Hall–Kier alpha value is -2.70. The SMILES string of the molecule is CC(=O)Oc1ccc(-c2nnc(C)o2)cc1OC(C)=O. The average Bonchev–Trinajstić information content (AvgIpc) is 2.77. The van der Waals surface area contributed by atoms with E-state index in [0.29, 0.717) is 11.5 Å². The maximum Gasteiger partial charge on any atom is 0.308 e. The molecule has 1 aromatic carbocycles. The van der Waals surface area contributed by atoms with Crippen molar-refractivity contribution in [2.24, 2.45) is 0 Å². The van der Waals surface area contributed by atoms with Crippen molar-refractivity contribution in [3.63, 3.8) is 0 Å². The van der Waals surface area contributed by atoms with E-state index in [9.17, 15) is 9.59 Å². The summed E-state index contributed by atoms with van der Waals surface area (Å²) in [4.78, 5) is 22.1. The van der Waals surface area contributed by atoms with Crippen LogP contribution in [0.2, 0.25) is 0 Å². The first kappa shape index (κ1) is 13.7. The van der Waals surface area contributed by atoms with E-state index in [4.69, 9.17) is 13.9 Å². The lowest BCUT2D eigenvalue weighted by Crippen LogP contribution is -2.07. The van der Waals surface area contributed by atoms with Crippen LogP contribution >= 0.6 is 0 Å². The molecule has 0 aliphatic carbocycles. The van der Waals surface area contributed by atoms with Gasteiger partial charge in [0, 0.05) is 26.3 Å². The molecule has 0 bridgehead atoms. The van der Waals surface area contributed by atoms with E-state index in [1.54, 1.807) is 13.0 Å². The lowest BCUT2D eigenvalue weighted by Gasteiger charge is -2.09. The van der Waals surface area contributed by atoms with Gasteiger partial charge in [0.15, 0.2) is 11.5 Å². The van der Waals surface area contributed by atoms with Crippen molar-refractivity contribution in [2.75, 3.05) is 0 Å². The minimum Gasteiger partial charge on any atom is -0.423 e. The lowest BCUT2D eigenvalue weighted by atomic mass is 10.2. The van der Waals surface area contributed by atoms with Crippen LogP contribution in [0.3, 0.4) is 0 Å². The molecule has 1 heterocycles. The van der Waals surface area contributed by atoms with E-state index >= 15 is 0 Å². The van der Waals surface area contributed by atoms with Gasteiger partial charge in [-0.25, -0.2) is 0 Å². The molecular weight excluding hydrogens is 264 g/mol. The van der Waals surface area contributed by atoms with Crippen molar-refractivity contribution < 1.29 is 23.5 Å². The minimum absolute atomic E-state index is 0.112. The van der Waals surface area contributed by atoms with E-state index in [1.807, 2.05) is 0 Å². The summed E-state index contributed by atoms with van der Waals surface area (Å²) in [6.45, 7) is 4.17. The molecule has 0 aliphatic heterocycles.